The van der Waals surface area contributed by atoms with E-state index in [0.717, 1.165) is 43.2 Å². The lowest BCUT2D eigenvalue weighted by molar-refractivity contribution is 0.957. The average Bonchev–Trinajstić information content (AvgIpc) is 2.61. The number of anilines is 2. The predicted octanol–water partition coefficient (Wildman–Crippen LogP) is 6.00. The van der Waals surface area contributed by atoms with Crippen LogP contribution < -0.4 is 11.5 Å². The van der Waals surface area contributed by atoms with Crippen LogP contribution in [0, 0.1) is 0 Å². The molecular weight excluding hydrogens is 351 g/mol. The number of nitrogen functional groups attached to an aromatic ring is 2. The molecule has 2 nitrogen and oxygen atoms in total. The number of benzene rings is 2. The molecule has 2 aromatic rings. The van der Waals surface area contributed by atoms with E-state index >= 15 is 0 Å². The summed E-state index contributed by atoms with van der Waals surface area (Å²) in [6.07, 6.45) is 4.39. The Morgan fingerprint density at radius 3 is 1.28 bits per heavy atom. The maximum Gasteiger partial charge on any atom is 0.0670 e. The number of halogens is 2. The zero-order valence-electron chi connectivity index (χ0n) is 15.6. The molecule has 0 atom stereocenters. The number of hydrogen-bond donors (Lipinski definition) is 2. The van der Waals surface area contributed by atoms with Gasteiger partial charge in [-0.1, -0.05) is 50.9 Å². The molecule has 25 heavy (non-hydrogen) atoms. The maximum atomic E-state index is 6.53. The SMILES string of the molecule is CCc1cc(N)c(Cl)c(CC)c1Cc1c(CC)cc(N)c(Cl)c1CC. The summed E-state index contributed by atoms with van der Waals surface area (Å²) in [5.41, 5.74) is 21.0. The Labute approximate surface area is 161 Å². The summed E-state index contributed by atoms with van der Waals surface area (Å²) in [6.45, 7) is 8.56. The molecule has 2 rings (SSSR count). The fraction of sp³-hybridized carbons (Fsp3) is 0.429. The van der Waals surface area contributed by atoms with Gasteiger partial charge in [0, 0.05) is 0 Å². The number of rotatable bonds is 6. The van der Waals surface area contributed by atoms with Crippen LogP contribution in [0.1, 0.15) is 61.1 Å². The molecule has 0 aliphatic heterocycles. The third kappa shape index (κ3) is 3.75. The fourth-order valence-corrected chi connectivity index (χ4v) is 4.27. The molecule has 0 radical (unpaired) electrons. The van der Waals surface area contributed by atoms with Crippen LogP contribution in [0.2, 0.25) is 10.0 Å². The van der Waals surface area contributed by atoms with Crippen LogP contribution in [-0.4, -0.2) is 0 Å². The quantitative estimate of drug-likeness (QED) is 0.605. The number of aryl methyl sites for hydroxylation is 2. The zero-order valence-corrected chi connectivity index (χ0v) is 17.1. The van der Waals surface area contributed by atoms with Crippen molar-refractivity contribution in [2.45, 2.75) is 59.8 Å². The predicted molar refractivity (Wildman–Crippen MR) is 112 cm³/mol. The lowest BCUT2D eigenvalue weighted by Gasteiger charge is -2.21. The molecule has 0 aromatic heterocycles. The Balaban J connectivity index is 2.72. The maximum absolute atomic E-state index is 6.53. The van der Waals surface area contributed by atoms with Gasteiger partial charge in [0.2, 0.25) is 0 Å². The van der Waals surface area contributed by atoms with Gasteiger partial charge < -0.3 is 11.5 Å². The molecular formula is C21H28Cl2N2. The van der Waals surface area contributed by atoms with E-state index in [1.807, 2.05) is 12.1 Å². The molecule has 0 fully saturated rings. The lowest BCUT2D eigenvalue weighted by Crippen LogP contribution is -2.09. The Kier molecular flexibility index (Phi) is 6.65. The minimum atomic E-state index is 0.667. The fourth-order valence-electron chi connectivity index (χ4n) is 3.66. The van der Waals surface area contributed by atoms with Crippen molar-refractivity contribution in [2.75, 3.05) is 11.5 Å². The second kappa shape index (κ2) is 8.33. The number of hydrogen-bond acceptors (Lipinski definition) is 2. The molecule has 0 unspecified atom stereocenters. The largest absolute Gasteiger partial charge is 0.398 e. The van der Waals surface area contributed by atoms with E-state index in [1.165, 1.54) is 22.3 Å². The van der Waals surface area contributed by atoms with Gasteiger partial charge in [-0.05, 0) is 77.6 Å². The van der Waals surface area contributed by atoms with Crippen molar-refractivity contribution in [3.05, 3.63) is 55.6 Å². The molecule has 0 spiro atoms. The Morgan fingerprint density at radius 1 is 0.640 bits per heavy atom. The van der Waals surface area contributed by atoms with E-state index in [0.29, 0.717) is 21.4 Å². The van der Waals surface area contributed by atoms with E-state index in [2.05, 4.69) is 27.7 Å². The second-order valence-electron chi connectivity index (χ2n) is 6.38. The minimum Gasteiger partial charge on any atom is -0.398 e. The highest BCUT2D eigenvalue weighted by Crippen LogP contribution is 2.36. The van der Waals surface area contributed by atoms with E-state index in [9.17, 15) is 0 Å². The van der Waals surface area contributed by atoms with Crippen LogP contribution in [-0.2, 0) is 32.1 Å². The zero-order chi connectivity index (χ0) is 18.7. The first-order valence-electron chi connectivity index (χ1n) is 9.06. The molecule has 0 amide bonds. The van der Waals surface area contributed by atoms with E-state index in [1.54, 1.807) is 0 Å². The molecule has 0 aliphatic rings. The number of nitrogens with two attached hydrogens (primary N) is 2. The summed E-state index contributed by atoms with van der Waals surface area (Å²) in [5, 5.41) is 1.37. The molecule has 4 heteroatoms. The van der Waals surface area contributed by atoms with Gasteiger partial charge >= 0.3 is 0 Å². The van der Waals surface area contributed by atoms with Gasteiger partial charge in [0.05, 0.1) is 21.4 Å². The van der Waals surface area contributed by atoms with Crippen LogP contribution in [0.25, 0.3) is 0 Å². The van der Waals surface area contributed by atoms with E-state index in [-0.39, 0.29) is 0 Å². The highest BCUT2D eigenvalue weighted by Gasteiger charge is 2.19. The molecule has 2 aromatic carbocycles. The normalized spacial score (nSPS) is 11.1. The van der Waals surface area contributed by atoms with Crippen molar-refractivity contribution in [1.82, 2.24) is 0 Å². The molecule has 0 aliphatic carbocycles. The van der Waals surface area contributed by atoms with Crippen molar-refractivity contribution < 1.29 is 0 Å². The monoisotopic (exact) mass is 378 g/mol. The third-order valence-corrected chi connectivity index (χ3v) is 5.92. The van der Waals surface area contributed by atoms with Crippen molar-refractivity contribution in [3.8, 4) is 0 Å². The minimum absolute atomic E-state index is 0.667. The van der Waals surface area contributed by atoms with Gasteiger partial charge in [0.25, 0.3) is 0 Å². The van der Waals surface area contributed by atoms with Gasteiger partial charge in [0.1, 0.15) is 0 Å². The van der Waals surface area contributed by atoms with E-state index in [4.69, 9.17) is 34.7 Å². The summed E-state index contributed by atoms with van der Waals surface area (Å²) < 4.78 is 0. The van der Waals surface area contributed by atoms with Gasteiger partial charge in [0.15, 0.2) is 0 Å². The Morgan fingerprint density at radius 2 is 1.00 bits per heavy atom. The first-order chi connectivity index (χ1) is 11.9. The third-order valence-electron chi connectivity index (χ3n) is 5.02. The average molecular weight is 379 g/mol. The highest BCUT2D eigenvalue weighted by atomic mass is 35.5. The van der Waals surface area contributed by atoms with Crippen LogP contribution in [0.5, 0.6) is 0 Å². The summed E-state index contributed by atoms with van der Waals surface area (Å²) in [5.74, 6) is 0. The topological polar surface area (TPSA) is 52.0 Å². The van der Waals surface area contributed by atoms with Crippen molar-refractivity contribution in [3.63, 3.8) is 0 Å². The summed E-state index contributed by atoms with van der Waals surface area (Å²) in [6, 6.07) is 4.04. The first kappa shape index (κ1) is 19.9. The van der Waals surface area contributed by atoms with Gasteiger partial charge in [-0.25, -0.2) is 0 Å². The first-order valence-corrected chi connectivity index (χ1v) is 9.82. The molecule has 0 saturated heterocycles. The standard InChI is InChI=1S/C21H28Cl2N2/c1-5-12-9-18(24)20(22)14(7-3)16(12)11-17-13(6-2)10-19(25)21(23)15(17)8-4/h9-10H,5-8,11,24-25H2,1-4H3. The summed E-state index contributed by atoms with van der Waals surface area (Å²) in [4.78, 5) is 0. The highest BCUT2D eigenvalue weighted by molar-refractivity contribution is 6.34. The van der Waals surface area contributed by atoms with E-state index < -0.39 is 0 Å². The molecule has 0 saturated carbocycles. The van der Waals surface area contributed by atoms with Gasteiger partial charge in [-0.15, -0.1) is 0 Å². The van der Waals surface area contributed by atoms with Crippen LogP contribution in [0.3, 0.4) is 0 Å². The molecule has 4 N–H and O–H groups in total. The summed E-state index contributed by atoms with van der Waals surface area (Å²) >= 11 is 13.1. The van der Waals surface area contributed by atoms with Gasteiger partial charge in [-0.2, -0.15) is 0 Å². The van der Waals surface area contributed by atoms with Crippen molar-refractivity contribution in [2.24, 2.45) is 0 Å². The summed E-state index contributed by atoms with van der Waals surface area (Å²) in [7, 11) is 0. The van der Waals surface area contributed by atoms with Crippen LogP contribution in [0.15, 0.2) is 12.1 Å². The van der Waals surface area contributed by atoms with Crippen molar-refractivity contribution in [1.29, 1.82) is 0 Å². The molecule has 0 bridgehead atoms. The smallest absolute Gasteiger partial charge is 0.0670 e. The lowest BCUT2D eigenvalue weighted by atomic mass is 9.86. The Bertz CT molecular complexity index is 717. The Hall–Kier alpha value is -1.38. The second-order valence-corrected chi connectivity index (χ2v) is 7.14. The molecule has 136 valence electrons. The van der Waals surface area contributed by atoms with Crippen LogP contribution >= 0.6 is 23.2 Å². The molecule has 0 heterocycles. The van der Waals surface area contributed by atoms with Crippen molar-refractivity contribution >= 4 is 34.6 Å². The van der Waals surface area contributed by atoms with Crippen LogP contribution in [0.4, 0.5) is 11.4 Å². The van der Waals surface area contributed by atoms with Gasteiger partial charge in [-0.3, -0.25) is 0 Å².